The van der Waals surface area contributed by atoms with E-state index in [-0.39, 0.29) is 6.54 Å². The standard InChI is InChI=1S/C12H16F4N2O3S/c1-21-7-6-17-4-5-18-22(19,20)9-2-3-10(11(13)8-9)12(14,15)16/h2-3,8,17-18H,4-7H2,1H3. The molecule has 0 saturated carbocycles. The van der Waals surface area contributed by atoms with Crippen molar-refractivity contribution in [3.63, 3.8) is 0 Å². The topological polar surface area (TPSA) is 67.4 Å². The molecule has 0 aliphatic heterocycles. The van der Waals surface area contributed by atoms with Crippen molar-refractivity contribution in [3.05, 3.63) is 29.6 Å². The van der Waals surface area contributed by atoms with Crippen molar-refractivity contribution < 1.29 is 30.7 Å². The Balaban J connectivity index is 2.68. The molecule has 0 aliphatic carbocycles. The predicted molar refractivity (Wildman–Crippen MR) is 71.3 cm³/mol. The van der Waals surface area contributed by atoms with Gasteiger partial charge in [-0.3, -0.25) is 0 Å². The number of ether oxygens (including phenoxy) is 1. The van der Waals surface area contributed by atoms with Crippen molar-refractivity contribution in [1.82, 2.24) is 10.0 Å². The van der Waals surface area contributed by atoms with E-state index in [4.69, 9.17) is 4.74 Å². The third-order valence-electron chi connectivity index (χ3n) is 2.63. The Labute approximate surface area is 125 Å². The van der Waals surface area contributed by atoms with Crippen molar-refractivity contribution in [2.24, 2.45) is 0 Å². The molecule has 0 radical (unpaired) electrons. The van der Waals surface area contributed by atoms with Crippen molar-refractivity contribution in [1.29, 1.82) is 0 Å². The van der Waals surface area contributed by atoms with Crippen molar-refractivity contribution in [2.75, 3.05) is 33.4 Å². The van der Waals surface area contributed by atoms with Gasteiger partial charge in [0.05, 0.1) is 17.1 Å². The molecule has 0 aromatic heterocycles. The van der Waals surface area contributed by atoms with E-state index in [2.05, 4.69) is 10.0 Å². The molecule has 0 saturated heterocycles. The lowest BCUT2D eigenvalue weighted by Gasteiger charge is -2.11. The second-order valence-corrected chi connectivity index (χ2v) is 6.05. The number of rotatable bonds is 8. The van der Waals surface area contributed by atoms with Gasteiger partial charge in [-0.05, 0) is 18.2 Å². The largest absolute Gasteiger partial charge is 0.419 e. The van der Waals surface area contributed by atoms with Gasteiger partial charge < -0.3 is 10.1 Å². The quantitative estimate of drug-likeness (QED) is 0.552. The van der Waals surface area contributed by atoms with Crippen LogP contribution in [0.3, 0.4) is 0 Å². The maximum absolute atomic E-state index is 13.4. The smallest absolute Gasteiger partial charge is 0.383 e. The third kappa shape index (κ3) is 5.52. The number of benzene rings is 1. The molecule has 10 heteroatoms. The summed E-state index contributed by atoms with van der Waals surface area (Å²) >= 11 is 0. The molecule has 0 unspecified atom stereocenters. The summed E-state index contributed by atoms with van der Waals surface area (Å²) in [6, 6.07) is 1.47. The molecule has 0 atom stereocenters. The molecule has 5 nitrogen and oxygen atoms in total. The fraction of sp³-hybridized carbons (Fsp3) is 0.500. The summed E-state index contributed by atoms with van der Waals surface area (Å²) in [5.41, 5.74) is -1.51. The highest BCUT2D eigenvalue weighted by molar-refractivity contribution is 7.89. The van der Waals surface area contributed by atoms with Gasteiger partial charge in [0.15, 0.2) is 0 Å². The zero-order valence-electron chi connectivity index (χ0n) is 11.7. The fourth-order valence-corrected chi connectivity index (χ4v) is 2.59. The minimum atomic E-state index is -4.87. The van der Waals surface area contributed by atoms with Gasteiger partial charge >= 0.3 is 6.18 Å². The molecule has 0 heterocycles. The van der Waals surface area contributed by atoms with Crippen molar-refractivity contribution in [3.8, 4) is 0 Å². The van der Waals surface area contributed by atoms with Crippen LogP contribution in [0.5, 0.6) is 0 Å². The summed E-state index contributed by atoms with van der Waals surface area (Å²) in [5, 5.41) is 2.88. The average molecular weight is 344 g/mol. The molecular formula is C12H16F4N2O3S. The van der Waals surface area contributed by atoms with E-state index in [1.54, 1.807) is 0 Å². The lowest BCUT2D eigenvalue weighted by atomic mass is 10.2. The molecule has 22 heavy (non-hydrogen) atoms. The molecular weight excluding hydrogens is 328 g/mol. The Hall–Kier alpha value is -1.23. The van der Waals surface area contributed by atoms with E-state index in [1.807, 2.05) is 0 Å². The molecule has 0 bridgehead atoms. The van der Waals surface area contributed by atoms with Gasteiger partial charge in [0, 0.05) is 26.7 Å². The first-order chi connectivity index (χ1) is 10.2. The van der Waals surface area contributed by atoms with Gasteiger partial charge in [0.1, 0.15) is 5.82 Å². The Morgan fingerprint density at radius 3 is 2.41 bits per heavy atom. The van der Waals surface area contributed by atoms with E-state index in [9.17, 15) is 26.0 Å². The summed E-state index contributed by atoms with van der Waals surface area (Å²) in [6.07, 6.45) is -4.87. The number of hydrogen-bond acceptors (Lipinski definition) is 4. The molecule has 1 aromatic carbocycles. The zero-order valence-corrected chi connectivity index (χ0v) is 12.5. The second-order valence-electron chi connectivity index (χ2n) is 4.28. The molecule has 0 spiro atoms. The highest BCUT2D eigenvalue weighted by Crippen LogP contribution is 2.32. The van der Waals surface area contributed by atoms with Crippen LogP contribution >= 0.6 is 0 Å². The van der Waals surface area contributed by atoms with Gasteiger partial charge in [-0.15, -0.1) is 0 Å². The minimum absolute atomic E-state index is 0.00862. The summed E-state index contributed by atoms with van der Waals surface area (Å²) in [4.78, 5) is -0.560. The van der Waals surface area contributed by atoms with Crippen LogP contribution in [0.25, 0.3) is 0 Å². The minimum Gasteiger partial charge on any atom is -0.383 e. The van der Waals surface area contributed by atoms with Gasteiger partial charge in [-0.25, -0.2) is 17.5 Å². The van der Waals surface area contributed by atoms with Crippen LogP contribution < -0.4 is 10.0 Å². The third-order valence-corrected chi connectivity index (χ3v) is 4.09. The molecule has 0 aliphatic rings. The number of sulfonamides is 1. The van der Waals surface area contributed by atoms with E-state index >= 15 is 0 Å². The van der Waals surface area contributed by atoms with Crippen molar-refractivity contribution >= 4 is 10.0 Å². The molecule has 0 fully saturated rings. The molecule has 126 valence electrons. The summed E-state index contributed by atoms with van der Waals surface area (Å²) in [6.45, 7) is 1.28. The van der Waals surface area contributed by atoms with Crippen LogP contribution in [0.4, 0.5) is 17.6 Å². The molecule has 1 rings (SSSR count). The number of hydrogen-bond donors (Lipinski definition) is 2. The highest BCUT2D eigenvalue weighted by atomic mass is 32.2. The zero-order chi connectivity index (χ0) is 16.8. The van der Waals surface area contributed by atoms with Gasteiger partial charge in [0.25, 0.3) is 0 Å². The Morgan fingerprint density at radius 2 is 1.86 bits per heavy atom. The van der Waals surface area contributed by atoms with Gasteiger partial charge in [-0.2, -0.15) is 13.2 Å². The number of nitrogens with one attached hydrogen (secondary N) is 2. The van der Waals surface area contributed by atoms with E-state index in [1.165, 1.54) is 7.11 Å². The molecule has 0 amide bonds. The Bertz CT molecular complexity index is 591. The van der Waals surface area contributed by atoms with E-state index in [0.29, 0.717) is 37.9 Å². The second kappa shape index (κ2) is 7.86. The first-order valence-corrected chi connectivity index (χ1v) is 7.73. The van der Waals surface area contributed by atoms with Crippen LogP contribution in [0.15, 0.2) is 23.1 Å². The number of halogens is 4. The first-order valence-electron chi connectivity index (χ1n) is 6.24. The summed E-state index contributed by atoms with van der Waals surface area (Å²) in [5.74, 6) is -1.63. The maximum Gasteiger partial charge on any atom is 0.419 e. The fourth-order valence-electron chi connectivity index (χ4n) is 1.55. The van der Waals surface area contributed by atoms with Gasteiger partial charge in [-0.1, -0.05) is 0 Å². The van der Waals surface area contributed by atoms with Crippen molar-refractivity contribution in [2.45, 2.75) is 11.1 Å². The highest BCUT2D eigenvalue weighted by Gasteiger charge is 2.34. The normalized spacial score (nSPS) is 12.6. The first kappa shape index (κ1) is 18.8. The lowest BCUT2D eigenvalue weighted by Crippen LogP contribution is -2.33. The molecule has 2 N–H and O–H groups in total. The van der Waals surface area contributed by atoms with Crippen LogP contribution in [0.1, 0.15) is 5.56 Å². The number of methoxy groups -OCH3 is 1. The average Bonchev–Trinajstić information content (AvgIpc) is 2.41. The van der Waals surface area contributed by atoms with Crippen LogP contribution in [-0.4, -0.2) is 41.8 Å². The predicted octanol–water partition coefficient (Wildman–Crippen LogP) is 1.36. The summed E-state index contributed by atoms with van der Waals surface area (Å²) in [7, 11) is -2.55. The SMILES string of the molecule is COCCNCCNS(=O)(=O)c1ccc(C(F)(F)F)c(F)c1. The monoisotopic (exact) mass is 344 g/mol. The van der Waals surface area contributed by atoms with Crippen LogP contribution in [-0.2, 0) is 20.9 Å². The maximum atomic E-state index is 13.4. The summed E-state index contributed by atoms with van der Waals surface area (Å²) < 4.78 is 81.2. The number of alkyl halides is 3. The van der Waals surface area contributed by atoms with Crippen LogP contribution in [0, 0.1) is 5.82 Å². The van der Waals surface area contributed by atoms with Crippen LogP contribution in [0.2, 0.25) is 0 Å². The lowest BCUT2D eigenvalue weighted by molar-refractivity contribution is -0.140. The Kier molecular flexibility index (Phi) is 6.72. The van der Waals surface area contributed by atoms with E-state index in [0.717, 1.165) is 0 Å². The Morgan fingerprint density at radius 1 is 1.18 bits per heavy atom. The van der Waals surface area contributed by atoms with E-state index < -0.39 is 32.5 Å². The molecule has 1 aromatic rings. The van der Waals surface area contributed by atoms with Gasteiger partial charge in [0.2, 0.25) is 10.0 Å².